The third kappa shape index (κ3) is 4.06. The van der Waals surface area contributed by atoms with Crippen LogP contribution in [0.25, 0.3) is 0 Å². The molecule has 1 aromatic heterocycles. The average molecular weight is 330 g/mol. The van der Waals surface area contributed by atoms with E-state index in [0.717, 1.165) is 25.9 Å². The Kier molecular flexibility index (Phi) is 7.08. The summed E-state index contributed by atoms with van der Waals surface area (Å²) in [7, 11) is 0. The molecule has 3 nitrogen and oxygen atoms in total. The Bertz CT molecular complexity index is 387. The van der Waals surface area contributed by atoms with Crippen molar-refractivity contribution >= 4 is 15.9 Å². The SMILES string of the molecule is CCNC(Cc1c(Br)c(CC)nn1CC)C(C)CC. The lowest BCUT2D eigenvalue weighted by molar-refractivity contribution is 0.363. The van der Waals surface area contributed by atoms with Gasteiger partial charge in [0.2, 0.25) is 0 Å². The summed E-state index contributed by atoms with van der Waals surface area (Å²) in [6.07, 6.45) is 3.23. The molecular weight excluding hydrogens is 302 g/mol. The van der Waals surface area contributed by atoms with E-state index in [1.807, 2.05) is 0 Å². The molecule has 0 radical (unpaired) electrons. The molecule has 1 N–H and O–H groups in total. The maximum Gasteiger partial charge on any atom is 0.0766 e. The standard InChI is InChI=1S/C15H28BrN3/c1-6-11(5)13(17-8-3)10-14-15(16)12(7-2)18-19(14)9-4/h11,13,17H,6-10H2,1-5H3. The van der Waals surface area contributed by atoms with E-state index in [4.69, 9.17) is 0 Å². The van der Waals surface area contributed by atoms with Crippen molar-refractivity contribution in [2.75, 3.05) is 6.54 Å². The van der Waals surface area contributed by atoms with E-state index in [-0.39, 0.29) is 0 Å². The highest BCUT2D eigenvalue weighted by molar-refractivity contribution is 9.10. The summed E-state index contributed by atoms with van der Waals surface area (Å²) in [5.74, 6) is 0.678. The van der Waals surface area contributed by atoms with Crippen LogP contribution in [-0.4, -0.2) is 22.4 Å². The molecule has 1 heterocycles. The van der Waals surface area contributed by atoms with Gasteiger partial charge in [-0.1, -0.05) is 34.1 Å². The van der Waals surface area contributed by atoms with Crippen molar-refractivity contribution in [1.82, 2.24) is 15.1 Å². The summed E-state index contributed by atoms with van der Waals surface area (Å²) >= 11 is 3.74. The Morgan fingerprint density at radius 2 is 1.95 bits per heavy atom. The van der Waals surface area contributed by atoms with Crippen molar-refractivity contribution in [2.24, 2.45) is 5.92 Å². The number of hydrogen-bond acceptors (Lipinski definition) is 2. The van der Waals surface area contributed by atoms with Gasteiger partial charge in [-0.3, -0.25) is 4.68 Å². The van der Waals surface area contributed by atoms with Gasteiger partial charge >= 0.3 is 0 Å². The summed E-state index contributed by atoms with van der Waals surface area (Å²) in [6.45, 7) is 13.0. The summed E-state index contributed by atoms with van der Waals surface area (Å²) < 4.78 is 3.36. The van der Waals surface area contributed by atoms with E-state index in [2.05, 4.69) is 65.6 Å². The molecule has 4 heteroatoms. The highest BCUT2D eigenvalue weighted by Gasteiger charge is 2.21. The zero-order valence-electron chi connectivity index (χ0n) is 13.0. The Morgan fingerprint density at radius 3 is 2.42 bits per heavy atom. The molecule has 0 bridgehead atoms. The van der Waals surface area contributed by atoms with Crippen LogP contribution >= 0.6 is 15.9 Å². The van der Waals surface area contributed by atoms with Gasteiger partial charge in [0.15, 0.2) is 0 Å². The predicted molar refractivity (Wildman–Crippen MR) is 85.6 cm³/mol. The van der Waals surface area contributed by atoms with Gasteiger partial charge in [0.25, 0.3) is 0 Å². The summed E-state index contributed by atoms with van der Waals surface area (Å²) in [5, 5.41) is 8.31. The van der Waals surface area contributed by atoms with Crippen molar-refractivity contribution < 1.29 is 0 Å². The highest BCUT2D eigenvalue weighted by atomic mass is 79.9. The van der Waals surface area contributed by atoms with E-state index < -0.39 is 0 Å². The van der Waals surface area contributed by atoms with Crippen LogP contribution in [0, 0.1) is 5.92 Å². The van der Waals surface area contributed by atoms with Gasteiger partial charge in [-0.2, -0.15) is 5.10 Å². The molecule has 1 aromatic rings. The van der Waals surface area contributed by atoms with Crippen molar-refractivity contribution in [2.45, 2.75) is 66.5 Å². The van der Waals surface area contributed by atoms with Gasteiger partial charge in [-0.25, -0.2) is 0 Å². The van der Waals surface area contributed by atoms with E-state index in [0.29, 0.717) is 12.0 Å². The minimum absolute atomic E-state index is 0.526. The number of nitrogens with zero attached hydrogens (tertiary/aromatic N) is 2. The molecule has 0 fully saturated rings. The van der Waals surface area contributed by atoms with Gasteiger partial charge in [0.05, 0.1) is 15.9 Å². The molecule has 1 rings (SSSR count). The molecule has 0 aliphatic carbocycles. The van der Waals surface area contributed by atoms with Crippen molar-refractivity contribution in [3.8, 4) is 0 Å². The second-order valence-corrected chi connectivity index (χ2v) is 5.92. The average Bonchev–Trinajstić information content (AvgIpc) is 2.73. The van der Waals surface area contributed by atoms with Gasteiger partial charge in [-0.15, -0.1) is 0 Å². The first kappa shape index (κ1) is 16.7. The van der Waals surface area contributed by atoms with Crippen LogP contribution in [0.2, 0.25) is 0 Å². The van der Waals surface area contributed by atoms with Crippen molar-refractivity contribution in [3.05, 3.63) is 15.9 Å². The molecular formula is C15H28BrN3. The normalized spacial score (nSPS) is 14.6. The van der Waals surface area contributed by atoms with Crippen molar-refractivity contribution in [3.63, 3.8) is 0 Å². The van der Waals surface area contributed by atoms with E-state index in [9.17, 15) is 0 Å². The second-order valence-electron chi connectivity index (χ2n) is 5.13. The molecule has 0 spiro atoms. The Labute approximate surface area is 126 Å². The summed E-state index contributed by atoms with van der Waals surface area (Å²) in [4.78, 5) is 0. The monoisotopic (exact) mass is 329 g/mol. The number of halogens is 1. The number of nitrogens with one attached hydrogen (secondary N) is 1. The van der Waals surface area contributed by atoms with E-state index in [1.165, 1.54) is 22.3 Å². The van der Waals surface area contributed by atoms with Crippen LogP contribution in [0.15, 0.2) is 4.47 Å². The lowest BCUT2D eigenvalue weighted by atomic mass is 9.94. The number of aromatic nitrogens is 2. The number of rotatable bonds is 8. The van der Waals surface area contributed by atoms with Crippen LogP contribution in [-0.2, 0) is 19.4 Å². The third-order valence-electron chi connectivity index (χ3n) is 3.90. The first-order valence-corrected chi connectivity index (χ1v) is 8.35. The van der Waals surface area contributed by atoms with Crippen molar-refractivity contribution in [1.29, 1.82) is 0 Å². The van der Waals surface area contributed by atoms with Gasteiger partial charge in [-0.05, 0) is 41.7 Å². The lowest BCUT2D eigenvalue weighted by Gasteiger charge is -2.24. The van der Waals surface area contributed by atoms with Gasteiger partial charge in [0.1, 0.15) is 0 Å². The van der Waals surface area contributed by atoms with Crippen LogP contribution in [0.3, 0.4) is 0 Å². The van der Waals surface area contributed by atoms with E-state index in [1.54, 1.807) is 0 Å². The zero-order valence-corrected chi connectivity index (χ0v) is 14.5. The van der Waals surface area contributed by atoms with Crippen LogP contribution in [0.4, 0.5) is 0 Å². The first-order chi connectivity index (χ1) is 9.08. The fourth-order valence-electron chi connectivity index (χ4n) is 2.44. The minimum atomic E-state index is 0.526. The first-order valence-electron chi connectivity index (χ1n) is 7.56. The molecule has 0 aromatic carbocycles. The molecule has 0 saturated heterocycles. The fraction of sp³-hybridized carbons (Fsp3) is 0.800. The molecule has 0 aliphatic rings. The van der Waals surface area contributed by atoms with Crippen LogP contribution in [0.1, 0.15) is 52.4 Å². The lowest BCUT2D eigenvalue weighted by Crippen LogP contribution is -2.37. The summed E-state index contributed by atoms with van der Waals surface area (Å²) in [6, 6.07) is 0.526. The maximum atomic E-state index is 4.69. The molecule has 2 atom stereocenters. The zero-order chi connectivity index (χ0) is 14.4. The molecule has 0 saturated carbocycles. The van der Waals surface area contributed by atoms with Crippen LogP contribution < -0.4 is 5.32 Å². The largest absolute Gasteiger partial charge is 0.314 e. The Hall–Kier alpha value is -0.350. The third-order valence-corrected chi connectivity index (χ3v) is 4.82. The topological polar surface area (TPSA) is 29.9 Å². The maximum absolute atomic E-state index is 4.69. The molecule has 0 amide bonds. The smallest absolute Gasteiger partial charge is 0.0766 e. The second kappa shape index (κ2) is 8.05. The quantitative estimate of drug-likeness (QED) is 0.786. The molecule has 110 valence electrons. The van der Waals surface area contributed by atoms with Crippen LogP contribution in [0.5, 0.6) is 0 Å². The molecule has 0 aliphatic heterocycles. The molecule has 19 heavy (non-hydrogen) atoms. The van der Waals surface area contributed by atoms with Gasteiger partial charge < -0.3 is 5.32 Å². The van der Waals surface area contributed by atoms with E-state index >= 15 is 0 Å². The Balaban J connectivity index is 2.97. The Morgan fingerprint density at radius 1 is 1.26 bits per heavy atom. The molecule has 2 unspecified atom stereocenters. The minimum Gasteiger partial charge on any atom is -0.314 e. The number of hydrogen-bond donors (Lipinski definition) is 1. The van der Waals surface area contributed by atoms with Gasteiger partial charge in [0, 0.05) is 19.0 Å². The fourth-order valence-corrected chi connectivity index (χ4v) is 3.17. The number of aryl methyl sites for hydroxylation is 2. The number of likely N-dealkylation sites (N-methyl/N-ethyl adjacent to an activating group) is 1. The summed E-state index contributed by atoms with van der Waals surface area (Å²) in [5.41, 5.74) is 2.52. The predicted octanol–water partition coefficient (Wildman–Crippen LogP) is 3.79. The highest BCUT2D eigenvalue weighted by Crippen LogP contribution is 2.25.